The lowest BCUT2D eigenvalue weighted by Crippen LogP contribution is -1.79. The van der Waals surface area contributed by atoms with Crippen molar-refractivity contribution in [1.82, 2.24) is 4.98 Å². The highest BCUT2D eigenvalue weighted by molar-refractivity contribution is 7.98. The maximum absolute atomic E-state index is 4.08. The van der Waals surface area contributed by atoms with Crippen molar-refractivity contribution >= 4 is 11.8 Å². The van der Waals surface area contributed by atoms with Crippen molar-refractivity contribution in [2.45, 2.75) is 10.6 Å². The van der Waals surface area contributed by atoms with Gasteiger partial charge in [0.05, 0.1) is 0 Å². The predicted octanol–water partition coefficient (Wildman–Crippen LogP) is 3.37. The van der Waals surface area contributed by atoms with Crippen LogP contribution in [0.4, 0.5) is 0 Å². The Hall–Kier alpha value is -1.28. The largest absolute Gasteiger partial charge is 0.264 e. The number of benzene rings is 1. The Morgan fingerprint density at radius 3 is 2.57 bits per heavy atom. The summed E-state index contributed by atoms with van der Waals surface area (Å²) in [5, 5.41) is 0. The average Bonchev–Trinajstić information content (AvgIpc) is 2.29. The van der Waals surface area contributed by atoms with Crippen LogP contribution in [-0.4, -0.2) is 4.98 Å². The Balaban J connectivity index is 1.96. The number of pyridine rings is 1. The molecule has 0 spiro atoms. The molecule has 0 N–H and O–H groups in total. The fraction of sp³-hybridized carbons (Fsp3) is 0.0833. The van der Waals surface area contributed by atoms with E-state index in [1.54, 1.807) is 6.20 Å². The summed E-state index contributed by atoms with van der Waals surface area (Å²) in [6.07, 6.45) is 3.69. The summed E-state index contributed by atoms with van der Waals surface area (Å²) in [6.45, 7) is 0. The van der Waals surface area contributed by atoms with E-state index >= 15 is 0 Å². The number of rotatable bonds is 3. The van der Waals surface area contributed by atoms with E-state index < -0.39 is 0 Å². The molecule has 1 nitrogen and oxygen atoms in total. The molecule has 1 aromatic carbocycles. The molecule has 0 saturated heterocycles. The van der Waals surface area contributed by atoms with Crippen molar-refractivity contribution in [1.29, 1.82) is 0 Å². The van der Waals surface area contributed by atoms with Gasteiger partial charge in [-0.25, -0.2) is 0 Å². The van der Waals surface area contributed by atoms with Crippen LogP contribution in [0.25, 0.3) is 0 Å². The van der Waals surface area contributed by atoms with Gasteiger partial charge in [0.1, 0.15) is 0 Å². The van der Waals surface area contributed by atoms with Gasteiger partial charge in [-0.15, -0.1) is 11.8 Å². The van der Waals surface area contributed by atoms with E-state index in [4.69, 9.17) is 0 Å². The molecular weight excluding hydrogens is 190 g/mol. The van der Waals surface area contributed by atoms with E-state index in [1.807, 2.05) is 30.1 Å². The molecule has 0 bridgehead atoms. The highest BCUT2D eigenvalue weighted by atomic mass is 32.2. The third-order valence-corrected chi connectivity index (χ3v) is 2.94. The molecule has 0 saturated carbocycles. The van der Waals surface area contributed by atoms with Gasteiger partial charge in [-0.1, -0.05) is 30.3 Å². The van der Waals surface area contributed by atoms with Crippen molar-refractivity contribution in [3.63, 3.8) is 0 Å². The van der Waals surface area contributed by atoms with Gasteiger partial charge >= 0.3 is 0 Å². The first-order valence-electron chi connectivity index (χ1n) is 4.52. The van der Waals surface area contributed by atoms with Crippen molar-refractivity contribution < 1.29 is 0 Å². The standard InChI is InChI=1S/C12H11NS/c1-2-5-11(6-3-1)10-14-12-7-4-8-13-9-12/h1-9H,10H2. The van der Waals surface area contributed by atoms with Gasteiger partial charge < -0.3 is 0 Å². The topological polar surface area (TPSA) is 12.9 Å². The van der Waals surface area contributed by atoms with E-state index in [2.05, 4.69) is 35.3 Å². The van der Waals surface area contributed by atoms with Gasteiger partial charge in [0, 0.05) is 23.0 Å². The molecule has 1 heterocycles. The first kappa shape index (κ1) is 9.28. The van der Waals surface area contributed by atoms with Gasteiger partial charge in [0.2, 0.25) is 0 Å². The smallest absolute Gasteiger partial charge is 0.0404 e. The second kappa shape index (κ2) is 4.82. The van der Waals surface area contributed by atoms with Crippen LogP contribution in [-0.2, 0) is 5.75 Å². The van der Waals surface area contributed by atoms with Crippen molar-refractivity contribution in [2.24, 2.45) is 0 Å². The van der Waals surface area contributed by atoms with Crippen LogP contribution in [0.1, 0.15) is 5.56 Å². The molecule has 2 aromatic rings. The maximum Gasteiger partial charge on any atom is 0.0404 e. The van der Waals surface area contributed by atoms with E-state index in [0.29, 0.717) is 0 Å². The number of nitrogens with zero attached hydrogens (tertiary/aromatic N) is 1. The molecule has 0 aliphatic heterocycles. The van der Waals surface area contributed by atoms with E-state index in [-0.39, 0.29) is 0 Å². The van der Waals surface area contributed by atoms with Gasteiger partial charge in [-0.3, -0.25) is 4.98 Å². The monoisotopic (exact) mass is 201 g/mol. The minimum Gasteiger partial charge on any atom is -0.264 e. The summed E-state index contributed by atoms with van der Waals surface area (Å²) in [7, 11) is 0. The predicted molar refractivity (Wildman–Crippen MR) is 60.2 cm³/mol. The van der Waals surface area contributed by atoms with Crippen molar-refractivity contribution in [3.8, 4) is 0 Å². The Morgan fingerprint density at radius 2 is 1.86 bits per heavy atom. The third-order valence-electron chi connectivity index (χ3n) is 1.88. The fourth-order valence-electron chi connectivity index (χ4n) is 1.17. The second-order valence-corrected chi connectivity index (χ2v) is 4.01. The average molecular weight is 201 g/mol. The summed E-state index contributed by atoms with van der Waals surface area (Å²) < 4.78 is 0. The Morgan fingerprint density at radius 1 is 1.00 bits per heavy atom. The zero-order valence-corrected chi connectivity index (χ0v) is 8.58. The third kappa shape index (κ3) is 2.60. The van der Waals surface area contributed by atoms with E-state index in [9.17, 15) is 0 Å². The zero-order valence-electron chi connectivity index (χ0n) is 7.76. The molecule has 0 unspecified atom stereocenters. The van der Waals surface area contributed by atoms with Crippen LogP contribution in [0, 0.1) is 0 Å². The van der Waals surface area contributed by atoms with Gasteiger partial charge in [0.15, 0.2) is 0 Å². The minimum atomic E-state index is 1.01. The number of thioether (sulfide) groups is 1. The molecule has 1 aromatic heterocycles. The van der Waals surface area contributed by atoms with Crippen LogP contribution >= 0.6 is 11.8 Å². The second-order valence-electron chi connectivity index (χ2n) is 2.96. The molecule has 2 heteroatoms. The van der Waals surface area contributed by atoms with E-state index in [0.717, 1.165) is 5.75 Å². The molecule has 14 heavy (non-hydrogen) atoms. The molecule has 70 valence electrons. The van der Waals surface area contributed by atoms with Crippen molar-refractivity contribution in [2.75, 3.05) is 0 Å². The maximum atomic E-state index is 4.08. The van der Waals surface area contributed by atoms with Gasteiger partial charge in [0.25, 0.3) is 0 Å². The molecular formula is C12H11NS. The Kier molecular flexibility index (Phi) is 3.19. The number of aromatic nitrogens is 1. The number of hydrogen-bond acceptors (Lipinski definition) is 2. The summed E-state index contributed by atoms with van der Waals surface area (Å²) in [4.78, 5) is 5.29. The molecule has 2 rings (SSSR count). The first-order chi connectivity index (χ1) is 6.95. The molecule has 0 aliphatic rings. The van der Waals surface area contributed by atoms with E-state index in [1.165, 1.54) is 10.5 Å². The highest BCUT2D eigenvalue weighted by Crippen LogP contribution is 2.20. The van der Waals surface area contributed by atoms with Gasteiger partial charge in [-0.05, 0) is 17.7 Å². The summed E-state index contributed by atoms with van der Waals surface area (Å²) in [5.74, 6) is 1.01. The van der Waals surface area contributed by atoms with Gasteiger partial charge in [-0.2, -0.15) is 0 Å². The molecule has 0 atom stereocenters. The minimum absolute atomic E-state index is 1.01. The fourth-order valence-corrected chi connectivity index (χ4v) is 2.01. The summed E-state index contributed by atoms with van der Waals surface area (Å²) >= 11 is 1.81. The molecule has 0 fully saturated rings. The summed E-state index contributed by atoms with van der Waals surface area (Å²) in [6, 6.07) is 14.5. The summed E-state index contributed by atoms with van der Waals surface area (Å²) in [5.41, 5.74) is 1.35. The lowest BCUT2D eigenvalue weighted by atomic mass is 10.2. The molecule has 0 amide bonds. The Bertz CT molecular complexity index is 333. The lowest BCUT2D eigenvalue weighted by Gasteiger charge is -2.00. The van der Waals surface area contributed by atoms with Crippen LogP contribution in [0.2, 0.25) is 0 Å². The SMILES string of the molecule is c1ccc(CSc2cccnc2)cc1. The number of hydrogen-bond donors (Lipinski definition) is 0. The quantitative estimate of drug-likeness (QED) is 0.706. The van der Waals surface area contributed by atoms with Crippen molar-refractivity contribution in [3.05, 3.63) is 60.4 Å². The first-order valence-corrected chi connectivity index (χ1v) is 5.50. The highest BCUT2D eigenvalue weighted by Gasteiger charge is 1.94. The zero-order chi connectivity index (χ0) is 9.64. The normalized spacial score (nSPS) is 10.0. The van der Waals surface area contributed by atoms with Crippen LogP contribution in [0.15, 0.2) is 59.8 Å². The van der Waals surface area contributed by atoms with Crippen LogP contribution in [0.3, 0.4) is 0 Å². The molecule has 0 aliphatic carbocycles. The molecule has 0 radical (unpaired) electrons. The van der Waals surface area contributed by atoms with Crippen LogP contribution < -0.4 is 0 Å². The van der Waals surface area contributed by atoms with Crippen LogP contribution in [0.5, 0.6) is 0 Å². The lowest BCUT2D eigenvalue weighted by molar-refractivity contribution is 1.23. The Labute approximate surface area is 88.2 Å².